The van der Waals surface area contributed by atoms with Crippen LogP contribution < -0.4 is 9.64 Å². The molecule has 0 radical (unpaired) electrons. The lowest BCUT2D eigenvalue weighted by Crippen LogP contribution is -2.59. The minimum Gasteiger partial charge on any atom is -0.488 e. The first-order chi connectivity index (χ1) is 13.2. The Morgan fingerprint density at radius 2 is 2.14 bits per heavy atom. The Kier molecular flexibility index (Phi) is 5.36. The standard InChI is InChI=1S/C20H27N5O3/c1-20(2,3)28-19(26)24-8-9-25-14(11-24)12-27-18-15(10-21)16(6-7-17(18)25)22-13-23(4)5/h6-7,13-14H,8-9,11-12H2,1-5H3/b22-13+/t14-/m0/s1. The van der Waals surface area contributed by atoms with E-state index >= 15 is 0 Å². The number of nitriles is 1. The van der Waals surface area contributed by atoms with E-state index in [0.29, 0.717) is 43.2 Å². The number of fused-ring (bicyclic) bond motifs is 3. The van der Waals surface area contributed by atoms with Crippen molar-refractivity contribution in [3.63, 3.8) is 0 Å². The summed E-state index contributed by atoms with van der Waals surface area (Å²) in [7, 11) is 3.75. The van der Waals surface area contributed by atoms with Crippen LogP contribution in [0.2, 0.25) is 0 Å². The molecule has 0 aromatic heterocycles. The molecule has 3 rings (SSSR count). The smallest absolute Gasteiger partial charge is 0.410 e. The highest BCUT2D eigenvalue weighted by molar-refractivity contribution is 5.77. The van der Waals surface area contributed by atoms with Crippen molar-refractivity contribution in [1.29, 1.82) is 5.26 Å². The Morgan fingerprint density at radius 1 is 1.39 bits per heavy atom. The number of carbonyl (C=O) groups excluding carboxylic acids is 1. The summed E-state index contributed by atoms with van der Waals surface area (Å²) in [4.78, 5) is 22.5. The Bertz CT molecular complexity index is 822. The van der Waals surface area contributed by atoms with Gasteiger partial charge < -0.3 is 24.2 Å². The first kappa shape index (κ1) is 19.8. The number of rotatable bonds is 2. The molecule has 0 unspecified atom stereocenters. The van der Waals surface area contributed by atoms with E-state index in [4.69, 9.17) is 9.47 Å². The van der Waals surface area contributed by atoms with Gasteiger partial charge in [-0.3, -0.25) is 0 Å². The molecule has 1 aromatic carbocycles. The van der Waals surface area contributed by atoms with E-state index in [9.17, 15) is 10.1 Å². The van der Waals surface area contributed by atoms with Crippen LogP contribution in [0.1, 0.15) is 26.3 Å². The number of aliphatic imine (C=N–C) groups is 1. The molecule has 0 saturated carbocycles. The summed E-state index contributed by atoms with van der Waals surface area (Å²) in [5.41, 5.74) is 1.37. The zero-order valence-corrected chi connectivity index (χ0v) is 17.1. The number of ether oxygens (including phenoxy) is 2. The van der Waals surface area contributed by atoms with Crippen LogP contribution in [0.25, 0.3) is 0 Å². The topological polar surface area (TPSA) is 81.4 Å². The number of hydrogen-bond acceptors (Lipinski definition) is 6. The van der Waals surface area contributed by atoms with Crippen LogP contribution in [-0.4, -0.2) is 74.2 Å². The third-order valence-electron chi connectivity index (χ3n) is 4.52. The van der Waals surface area contributed by atoms with E-state index < -0.39 is 5.60 Å². The van der Waals surface area contributed by atoms with Gasteiger partial charge in [0.1, 0.15) is 23.8 Å². The highest BCUT2D eigenvalue weighted by Gasteiger charge is 2.37. The molecule has 1 aromatic rings. The van der Waals surface area contributed by atoms with Gasteiger partial charge in [0.2, 0.25) is 0 Å². The average molecular weight is 385 g/mol. The molecular weight excluding hydrogens is 358 g/mol. The maximum atomic E-state index is 12.4. The number of amides is 1. The van der Waals surface area contributed by atoms with Crippen molar-refractivity contribution in [2.24, 2.45) is 4.99 Å². The van der Waals surface area contributed by atoms with E-state index in [1.54, 1.807) is 11.2 Å². The Balaban J connectivity index is 1.81. The zero-order valence-electron chi connectivity index (χ0n) is 17.1. The van der Waals surface area contributed by atoms with Crippen LogP contribution in [0.15, 0.2) is 17.1 Å². The van der Waals surface area contributed by atoms with E-state index in [1.807, 2.05) is 51.9 Å². The van der Waals surface area contributed by atoms with Crippen molar-refractivity contribution in [2.75, 3.05) is 45.2 Å². The van der Waals surface area contributed by atoms with Crippen LogP contribution in [0, 0.1) is 11.3 Å². The molecule has 1 saturated heterocycles. The molecule has 0 aliphatic carbocycles. The second-order valence-corrected chi connectivity index (χ2v) is 8.21. The highest BCUT2D eigenvalue weighted by atomic mass is 16.6. The van der Waals surface area contributed by atoms with Gasteiger partial charge in [0.25, 0.3) is 0 Å². The van der Waals surface area contributed by atoms with Crippen LogP contribution in [0.5, 0.6) is 5.75 Å². The monoisotopic (exact) mass is 385 g/mol. The molecule has 0 N–H and O–H groups in total. The fourth-order valence-electron chi connectivity index (χ4n) is 3.31. The predicted octanol–water partition coefficient (Wildman–Crippen LogP) is 2.60. The van der Waals surface area contributed by atoms with Crippen LogP contribution in [0.3, 0.4) is 0 Å². The van der Waals surface area contributed by atoms with E-state index in [-0.39, 0.29) is 12.1 Å². The summed E-state index contributed by atoms with van der Waals surface area (Å²) in [5.74, 6) is 0.567. The van der Waals surface area contributed by atoms with Gasteiger partial charge in [-0.25, -0.2) is 9.79 Å². The molecule has 8 heteroatoms. The zero-order chi connectivity index (χ0) is 20.5. The van der Waals surface area contributed by atoms with Gasteiger partial charge in [0.15, 0.2) is 5.75 Å². The number of nitrogens with zero attached hydrogens (tertiary/aromatic N) is 5. The first-order valence-corrected chi connectivity index (χ1v) is 9.34. The fourth-order valence-corrected chi connectivity index (χ4v) is 3.31. The molecular formula is C20H27N5O3. The molecule has 150 valence electrons. The third-order valence-corrected chi connectivity index (χ3v) is 4.52. The summed E-state index contributed by atoms with van der Waals surface area (Å²) in [6.07, 6.45) is 1.36. The Hall–Kier alpha value is -2.95. The SMILES string of the molecule is CN(C)/C=N/c1ccc2c(c1C#N)OC[C@@H]1CN(C(=O)OC(C)(C)C)CCN21. The molecule has 0 spiro atoms. The van der Waals surface area contributed by atoms with Gasteiger partial charge in [0, 0.05) is 33.7 Å². The first-order valence-electron chi connectivity index (χ1n) is 9.34. The van der Waals surface area contributed by atoms with E-state index in [1.165, 1.54) is 0 Å². The summed E-state index contributed by atoms with van der Waals surface area (Å²) < 4.78 is 11.5. The molecule has 2 heterocycles. The van der Waals surface area contributed by atoms with Crippen LogP contribution >= 0.6 is 0 Å². The predicted molar refractivity (Wildman–Crippen MR) is 107 cm³/mol. The molecule has 2 aliphatic heterocycles. The molecule has 28 heavy (non-hydrogen) atoms. The van der Waals surface area contributed by atoms with Crippen molar-refractivity contribution < 1.29 is 14.3 Å². The quantitative estimate of drug-likeness (QED) is 0.575. The average Bonchev–Trinajstić information content (AvgIpc) is 2.63. The van der Waals surface area contributed by atoms with Crippen LogP contribution in [-0.2, 0) is 4.74 Å². The van der Waals surface area contributed by atoms with Gasteiger partial charge in [0.05, 0.1) is 23.8 Å². The third kappa shape index (κ3) is 4.14. The molecule has 8 nitrogen and oxygen atoms in total. The van der Waals surface area contributed by atoms with Crippen molar-refractivity contribution in [3.05, 3.63) is 17.7 Å². The van der Waals surface area contributed by atoms with Crippen molar-refractivity contribution >= 4 is 23.8 Å². The molecule has 1 atom stereocenters. The second-order valence-electron chi connectivity index (χ2n) is 8.21. The van der Waals surface area contributed by atoms with Gasteiger partial charge in [-0.2, -0.15) is 5.26 Å². The lowest BCUT2D eigenvalue weighted by molar-refractivity contribution is 0.0195. The molecule has 1 amide bonds. The minimum atomic E-state index is -0.519. The summed E-state index contributed by atoms with van der Waals surface area (Å²) >= 11 is 0. The van der Waals surface area contributed by atoms with Gasteiger partial charge >= 0.3 is 6.09 Å². The minimum absolute atomic E-state index is 0.0245. The van der Waals surface area contributed by atoms with Crippen molar-refractivity contribution in [1.82, 2.24) is 9.80 Å². The maximum absolute atomic E-state index is 12.4. The fraction of sp³-hybridized carbons (Fsp3) is 0.550. The highest BCUT2D eigenvalue weighted by Crippen LogP contribution is 2.41. The van der Waals surface area contributed by atoms with Gasteiger partial charge in [-0.1, -0.05) is 0 Å². The summed E-state index contributed by atoms with van der Waals surface area (Å²) in [6, 6.07) is 6.03. The number of anilines is 1. The Morgan fingerprint density at radius 3 is 2.79 bits per heavy atom. The second kappa shape index (κ2) is 7.58. The lowest BCUT2D eigenvalue weighted by Gasteiger charge is -2.45. The Labute approximate surface area is 165 Å². The lowest BCUT2D eigenvalue weighted by atomic mass is 10.0. The normalized spacial score (nSPS) is 18.8. The van der Waals surface area contributed by atoms with Gasteiger partial charge in [-0.15, -0.1) is 0 Å². The van der Waals surface area contributed by atoms with Crippen molar-refractivity contribution in [2.45, 2.75) is 32.4 Å². The number of benzene rings is 1. The van der Waals surface area contributed by atoms with Crippen molar-refractivity contribution in [3.8, 4) is 11.8 Å². The van der Waals surface area contributed by atoms with E-state index in [0.717, 1.165) is 5.69 Å². The molecule has 0 bridgehead atoms. The van der Waals surface area contributed by atoms with Gasteiger partial charge in [-0.05, 0) is 32.9 Å². The number of carbonyl (C=O) groups is 1. The molecule has 2 aliphatic rings. The summed E-state index contributed by atoms with van der Waals surface area (Å²) in [6.45, 7) is 7.74. The number of hydrogen-bond donors (Lipinski definition) is 0. The van der Waals surface area contributed by atoms with E-state index in [2.05, 4.69) is 16.0 Å². The summed E-state index contributed by atoms with van der Waals surface area (Å²) in [5, 5.41) is 9.65. The number of piperazine rings is 1. The van der Waals surface area contributed by atoms with Crippen LogP contribution in [0.4, 0.5) is 16.2 Å². The maximum Gasteiger partial charge on any atom is 0.410 e. The molecule has 1 fully saturated rings. The largest absolute Gasteiger partial charge is 0.488 e.